The van der Waals surface area contributed by atoms with E-state index in [1.807, 2.05) is 0 Å². The second-order valence-corrected chi connectivity index (χ2v) is 12.6. The zero-order valence-corrected chi connectivity index (χ0v) is 26.8. The van der Waals surface area contributed by atoms with Crippen molar-refractivity contribution in [3.63, 3.8) is 0 Å². The molecule has 0 rings (SSSR count). The third-order valence-corrected chi connectivity index (χ3v) is 8.79. The summed E-state index contributed by atoms with van der Waals surface area (Å²) in [7, 11) is 2.06. The van der Waals surface area contributed by atoms with E-state index in [9.17, 15) is 0 Å². The fourth-order valence-corrected chi connectivity index (χ4v) is 6.63. The number of nitrogens with one attached hydrogen (secondary N) is 1. The van der Waals surface area contributed by atoms with Crippen LogP contribution in [0.4, 0.5) is 0 Å². The molecule has 0 heterocycles. The molecular formula is C36H73N. The third kappa shape index (κ3) is 24.5. The smallest absolute Gasteiger partial charge is 0.00147 e. The van der Waals surface area contributed by atoms with E-state index in [2.05, 4.69) is 46.6 Å². The molecule has 1 N–H and O–H groups in total. The van der Waals surface area contributed by atoms with E-state index < -0.39 is 0 Å². The van der Waals surface area contributed by atoms with Crippen molar-refractivity contribution >= 4 is 0 Å². The summed E-state index contributed by atoms with van der Waals surface area (Å²) in [6, 6.07) is 0. The maximum atomic E-state index is 4.43. The molecule has 0 saturated carbocycles. The standard InChI is InChI=1S/C36H73N/c1-7-22-34(23-8-2)26-18-14-11-12-15-20-28-36(32-33(5)30-31-37-6)29-21-17-13-16-19-27-35(24-9-3)25-10-4/h34-37H,5,7-32H2,1-4,6H3. The number of hydrogen-bond acceptors (Lipinski definition) is 1. The zero-order chi connectivity index (χ0) is 27.4. The molecule has 1 heteroatoms. The van der Waals surface area contributed by atoms with E-state index in [1.54, 1.807) is 0 Å². The lowest BCUT2D eigenvalue weighted by atomic mass is 9.88. The molecule has 0 saturated heterocycles. The number of rotatable bonds is 30. The van der Waals surface area contributed by atoms with Gasteiger partial charge in [0.1, 0.15) is 0 Å². The molecule has 0 aliphatic carbocycles. The van der Waals surface area contributed by atoms with Crippen molar-refractivity contribution in [3.05, 3.63) is 12.2 Å². The topological polar surface area (TPSA) is 12.0 Å². The van der Waals surface area contributed by atoms with E-state index >= 15 is 0 Å². The van der Waals surface area contributed by atoms with Crippen LogP contribution in [-0.4, -0.2) is 13.6 Å². The Kier molecular flexibility index (Phi) is 28.5. The van der Waals surface area contributed by atoms with Gasteiger partial charge in [0.15, 0.2) is 0 Å². The highest BCUT2D eigenvalue weighted by atomic mass is 14.8. The summed E-state index contributed by atoms with van der Waals surface area (Å²) in [5, 5.41) is 3.30. The van der Waals surface area contributed by atoms with Crippen LogP contribution in [0.2, 0.25) is 0 Å². The van der Waals surface area contributed by atoms with Crippen molar-refractivity contribution in [3.8, 4) is 0 Å². The molecule has 222 valence electrons. The van der Waals surface area contributed by atoms with Gasteiger partial charge in [-0.15, -0.1) is 0 Å². The van der Waals surface area contributed by atoms with Gasteiger partial charge in [-0.25, -0.2) is 0 Å². The van der Waals surface area contributed by atoms with Crippen LogP contribution in [-0.2, 0) is 0 Å². The fourth-order valence-electron chi connectivity index (χ4n) is 6.63. The quantitative estimate of drug-likeness (QED) is 0.0734. The van der Waals surface area contributed by atoms with Crippen LogP contribution in [0.5, 0.6) is 0 Å². The molecule has 1 nitrogen and oxygen atoms in total. The van der Waals surface area contributed by atoms with Crippen LogP contribution in [0, 0.1) is 17.8 Å². The first-order valence-corrected chi connectivity index (χ1v) is 17.4. The van der Waals surface area contributed by atoms with Crippen molar-refractivity contribution in [1.82, 2.24) is 5.32 Å². The second-order valence-electron chi connectivity index (χ2n) is 12.6. The van der Waals surface area contributed by atoms with Crippen LogP contribution in [0.3, 0.4) is 0 Å². The van der Waals surface area contributed by atoms with Gasteiger partial charge >= 0.3 is 0 Å². The molecule has 0 aliphatic rings. The highest BCUT2D eigenvalue weighted by molar-refractivity contribution is 4.96. The van der Waals surface area contributed by atoms with Crippen LogP contribution in [0.25, 0.3) is 0 Å². The Labute approximate surface area is 236 Å². The SMILES string of the molecule is C=C(CCNC)CC(CCCCCCCCC(CCC)CCC)CCCCCCCC(CCC)CCC. The summed E-state index contributed by atoms with van der Waals surface area (Å²) in [5.74, 6) is 2.89. The molecule has 0 radical (unpaired) electrons. The van der Waals surface area contributed by atoms with E-state index in [0.717, 1.165) is 30.7 Å². The minimum absolute atomic E-state index is 0.881. The van der Waals surface area contributed by atoms with Gasteiger partial charge in [-0.05, 0) is 44.2 Å². The highest BCUT2D eigenvalue weighted by Crippen LogP contribution is 2.27. The minimum Gasteiger partial charge on any atom is -0.319 e. The van der Waals surface area contributed by atoms with Crippen LogP contribution in [0.1, 0.15) is 188 Å². The lowest BCUT2D eigenvalue weighted by Crippen LogP contribution is -2.10. The largest absolute Gasteiger partial charge is 0.319 e. The van der Waals surface area contributed by atoms with Gasteiger partial charge < -0.3 is 5.32 Å². The normalized spacial score (nSPS) is 12.6. The van der Waals surface area contributed by atoms with Crippen molar-refractivity contribution in [1.29, 1.82) is 0 Å². The maximum Gasteiger partial charge on any atom is -0.00147 e. The molecule has 1 unspecified atom stereocenters. The Morgan fingerprint density at radius 3 is 1.14 bits per heavy atom. The summed E-state index contributed by atoms with van der Waals surface area (Å²) < 4.78 is 0. The molecule has 1 atom stereocenters. The highest BCUT2D eigenvalue weighted by Gasteiger charge is 2.11. The Morgan fingerprint density at radius 1 is 0.486 bits per heavy atom. The van der Waals surface area contributed by atoms with E-state index in [-0.39, 0.29) is 0 Å². The predicted octanol–water partition coefficient (Wildman–Crippen LogP) is 12.4. The first kappa shape index (κ1) is 36.7. The van der Waals surface area contributed by atoms with Gasteiger partial charge in [0.25, 0.3) is 0 Å². The first-order valence-electron chi connectivity index (χ1n) is 17.4. The second kappa shape index (κ2) is 28.7. The van der Waals surface area contributed by atoms with Gasteiger partial charge in [-0.2, -0.15) is 0 Å². The monoisotopic (exact) mass is 520 g/mol. The zero-order valence-electron chi connectivity index (χ0n) is 26.8. The van der Waals surface area contributed by atoms with Crippen molar-refractivity contribution in [2.24, 2.45) is 17.8 Å². The molecule has 0 spiro atoms. The maximum absolute atomic E-state index is 4.43. The van der Waals surface area contributed by atoms with Gasteiger partial charge in [-0.3, -0.25) is 0 Å². The summed E-state index contributed by atoms with van der Waals surface area (Å²) in [6.45, 7) is 14.9. The lowest BCUT2D eigenvalue weighted by Gasteiger charge is -2.19. The first-order chi connectivity index (χ1) is 18.1. The molecule has 0 aliphatic heterocycles. The van der Waals surface area contributed by atoms with Gasteiger partial charge in [-0.1, -0.05) is 188 Å². The Bertz CT molecular complexity index is 444. The Hall–Kier alpha value is -0.300. The molecule has 0 bridgehead atoms. The van der Waals surface area contributed by atoms with Crippen LogP contribution in [0.15, 0.2) is 12.2 Å². The van der Waals surface area contributed by atoms with E-state index in [1.165, 1.54) is 160 Å². The summed E-state index contributed by atoms with van der Waals surface area (Å²) in [4.78, 5) is 0. The van der Waals surface area contributed by atoms with Gasteiger partial charge in [0.05, 0.1) is 0 Å². The number of hydrogen-bond donors (Lipinski definition) is 1. The predicted molar refractivity (Wildman–Crippen MR) is 172 cm³/mol. The lowest BCUT2D eigenvalue weighted by molar-refractivity contribution is 0.378. The van der Waals surface area contributed by atoms with Crippen LogP contribution >= 0.6 is 0 Å². The van der Waals surface area contributed by atoms with E-state index in [4.69, 9.17) is 0 Å². The minimum atomic E-state index is 0.881. The van der Waals surface area contributed by atoms with Gasteiger partial charge in [0, 0.05) is 0 Å². The molecule has 0 aromatic heterocycles. The van der Waals surface area contributed by atoms with E-state index in [0.29, 0.717) is 0 Å². The number of unbranched alkanes of at least 4 members (excludes halogenated alkanes) is 9. The molecule has 0 fully saturated rings. The van der Waals surface area contributed by atoms with Crippen molar-refractivity contribution in [2.75, 3.05) is 13.6 Å². The van der Waals surface area contributed by atoms with Crippen LogP contribution < -0.4 is 5.32 Å². The van der Waals surface area contributed by atoms with Crippen molar-refractivity contribution < 1.29 is 0 Å². The molecule has 0 aromatic rings. The Balaban J connectivity index is 4.09. The summed E-state index contributed by atoms with van der Waals surface area (Å²) in [5.41, 5.74) is 1.48. The summed E-state index contributed by atoms with van der Waals surface area (Å²) in [6.07, 6.45) is 35.5. The summed E-state index contributed by atoms with van der Waals surface area (Å²) >= 11 is 0. The van der Waals surface area contributed by atoms with Gasteiger partial charge in [0.2, 0.25) is 0 Å². The molecule has 0 aromatic carbocycles. The molecule has 0 amide bonds. The van der Waals surface area contributed by atoms with Crippen molar-refractivity contribution in [2.45, 2.75) is 188 Å². The molecule has 37 heavy (non-hydrogen) atoms. The Morgan fingerprint density at radius 2 is 0.811 bits per heavy atom. The average Bonchev–Trinajstić information content (AvgIpc) is 2.88. The third-order valence-electron chi connectivity index (χ3n) is 8.79. The average molecular weight is 520 g/mol. The molecular weight excluding hydrogens is 446 g/mol. The fraction of sp³-hybridized carbons (Fsp3) is 0.944.